The highest BCUT2D eigenvalue weighted by Crippen LogP contribution is 2.32. The average Bonchev–Trinajstić information content (AvgIpc) is 2.99. The van der Waals surface area contributed by atoms with Gasteiger partial charge in [0.25, 0.3) is 5.69 Å². The van der Waals surface area contributed by atoms with Crippen LogP contribution in [0.1, 0.15) is 12.5 Å². The van der Waals surface area contributed by atoms with E-state index in [1.807, 2.05) is 6.92 Å². The van der Waals surface area contributed by atoms with Gasteiger partial charge in [0.15, 0.2) is 11.5 Å². The Balaban J connectivity index is 1.31. The van der Waals surface area contributed by atoms with Gasteiger partial charge in [0.1, 0.15) is 6.20 Å². The number of hydrogen-bond acceptors (Lipinski definition) is 14. The normalized spacial score (nSPS) is 15.7. The number of nitrogens with one attached hydrogen (secondary N) is 1. The highest BCUT2D eigenvalue weighted by Gasteiger charge is 2.20. The van der Waals surface area contributed by atoms with Crippen molar-refractivity contribution in [2.24, 2.45) is 5.10 Å². The van der Waals surface area contributed by atoms with Crippen LogP contribution in [0.3, 0.4) is 0 Å². The molecule has 15 nitrogen and oxygen atoms in total. The van der Waals surface area contributed by atoms with Crippen molar-refractivity contribution in [3.63, 3.8) is 0 Å². The Morgan fingerprint density at radius 2 is 1.68 bits per heavy atom. The van der Waals surface area contributed by atoms with Crippen LogP contribution in [0, 0.1) is 10.1 Å². The van der Waals surface area contributed by atoms with Crippen molar-refractivity contribution < 1.29 is 23.9 Å². The molecule has 2 aliphatic heterocycles. The molecule has 2 saturated heterocycles. The van der Waals surface area contributed by atoms with Gasteiger partial charge in [-0.3, -0.25) is 10.1 Å². The molecule has 0 saturated carbocycles. The number of morpholine rings is 2. The minimum absolute atomic E-state index is 0.122. The summed E-state index contributed by atoms with van der Waals surface area (Å²) in [5, 5.41) is 15.2. The highest BCUT2D eigenvalue weighted by molar-refractivity contribution is 5.81. The van der Waals surface area contributed by atoms with E-state index in [-0.39, 0.29) is 11.6 Å². The van der Waals surface area contributed by atoms with E-state index in [2.05, 4.69) is 35.3 Å². The van der Waals surface area contributed by atoms with Gasteiger partial charge in [-0.15, -0.1) is 0 Å². The molecule has 2 aliphatic rings. The fourth-order valence-electron chi connectivity index (χ4n) is 3.99. The predicted octanol–water partition coefficient (Wildman–Crippen LogP) is 2.49. The Morgan fingerprint density at radius 3 is 2.25 bits per heavy atom. The van der Waals surface area contributed by atoms with E-state index < -0.39 is 4.92 Å². The van der Waals surface area contributed by atoms with Gasteiger partial charge in [-0.25, -0.2) is 10.4 Å². The van der Waals surface area contributed by atoms with Crippen LogP contribution in [-0.4, -0.2) is 90.3 Å². The van der Waals surface area contributed by atoms with Crippen molar-refractivity contribution in [3.05, 3.63) is 52.2 Å². The van der Waals surface area contributed by atoms with Gasteiger partial charge in [0.2, 0.25) is 23.7 Å². The lowest BCUT2D eigenvalue weighted by Gasteiger charge is -2.30. The summed E-state index contributed by atoms with van der Waals surface area (Å²) in [6.07, 6.45) is 2.75. The summed E-state index contributed by atoms with van der Waals surface area (Å²) in [5.74, 6) is 2.54. The molecule has 0 aliphatic carbocycles. The van der Waals surface area contributed by atoms with Crippen LogP contribution in [-0.2, 0) is 9.47 Å². The second-order valence-corrected chi connectivity index (χ2v) is 8.68. The number of benzene rings is 1. The third-order valence-corrected chi connectivity index (χ3v) is 5.99. The summed E-state index contributed by atoms with van der Waals surface area (Å²) in [7, 11) is 0. The molecule has 40 heavy (non-hydrogen) atoms. The molecule has 0 atom stereocenters. The first kappa shape index (κ1) is 27.0. The van der Waals surface area contributed by atoms with Gasteiger partial charge in [-0.2, -0.15) is 20.1 Å². The van der Waals surface area contributed by atoms with Crippen molar-refractivity contribution in [1.82, 2.24) is 19.9 Å². The van der Waals surface area contributed by atoms with Gasteiger partial charge in [0.05, 0.1) is 44.2 Å². The lowest BCUT2D eigenvalue weighted by Crippen LogP contribution is -2.40. The molecule has 0 amide bonds. The minimum Gasteiger partial charge on any atom is -0.490 e. The molecule has 2 fully saturated rings. The zero-order valence-corrected chi connectivity index (χ0v) is 21.9. The first-order valence-corrected chi connectivity index (χ1v) is 12.8. The molecule has 4 heterocycles. The largest absolute Gasteiger partial charge is 0.490 e. The van der Waals surface area contributed by atoms with Crippen molar-refractivity contribution in [3.8, 4) is 17.4 Å². The van der Waals surface area contributed by atoms with E-state index >= 15 is 0 Å². The standard InChI is InChI=1S/C25H29N9O6/c1-2-39-21-15-18(3-5-20(21)40-22-6-4-19(17-26-22)34(35)36)16-27-31-23-28-24(32-7-11-37-12-8-32)30-25(29-23)33-9-13-38-14-10-33/h3-6,15-17H,2,7-14H2,1H3,(H,28,29,30,31)/b27-16+. The Bertz CT molecular complexity index is 1290. The quantitative estimate of drug-likeness (QED) is 0.222. The van der Waals surface area contributed by atoms with Crippen LogP contribution in [0.25, 0.3) is 0 Å². The van der Waals surface area contributed by atoms with Gasteiger partial charge in [-0.1, -0.05) is 0 Å². The van der Waals surface area contributed by atoms with Crippen molar-refractivity contribution in [2.45, 2.75) is 6.92 Å². The van der Waals surface area contributed by atoms with Gasteiger partial charge < -0.3 is 28.7 Å². The van der Waals surface area contributed by atoms with E-state index in [1.165, 1.54) is 12.1 Å². The molecule has 0 unspecified atom stereocenters. The Morgan fingerprint density at radius 1 is 1.00 bits per heavy atom. The second-order valence-electron chi connectivity index (χ2n) is 8.68. The number of hydrazone groups is 1. The number of anilines is 3. The summed E-state index contributed by atoms with van der Waals surface area (Å²) < 4.78 is 22.5. The number of hydrogen-bond donors (Lipinski definition) is 1. The predicted molar refractivity (Wildman–Crippen MR) is 146 cm³/mol. The number of nitrogens with zero attached hydrogens (tertiary/aromatic N) is 8. The SMILES string of the molecule is CCOc1cc(/C=N/Nc2nc(N3CCOCC3)nc(N3CCOCC3)n2)ccc1Oc1ccc([N+](=O)[O-])cn1. The Kier molecular flexibility index (Phi) is 8.73. The summed E-state index contributed by atoms with van der Waals surface area (Å²) in [4.78, 5) is 32.3. The number of rotatable bonds is 10. The molecule has 2 aromatic heterocycles. The maximum absolute atomic E-state index is 10.9. The van der Waals surface area contributed by atoms with Crippen LogP contribution in [0.2, 0.25) is 0 Å². The molecule has 5 rings (SSSR count). The molecular weight excluding hydrogens is 522 g/mol. The first-order valence-electron chi connectivity index (χ1n) is 12.8. The topological polar surface area (TPSA) is 162 Å². The zero-order chi connectivity index (χ0) is 27.7. The van der Waals surface area contributed by atoms with Gasteiger partial charge in [0, 0.05) is 38.3 Å². The maximum Gasteiger partial charge on any atom is 0.287 e. The molecule has 15 heteroatoms. The molecule has 0 radical (unpaired) electrons. The zero-order valence-electron chi connectivity index (χ0n) is 21.9. The van der Waals surface area contributed by atoms with E-state index in [0.29, 0.717) is 88.6 Å². The molecule has 0 spiro atoms. The lowest BCUT2D eigenvalue weighted by molar-refractivity contribution is -0.385. The second kappa shape index (κ2) is 12.9. The smallest absolute Gasteiger partial charge is 0.287 e. The molecule has 3 aromatic rings. The monoisotopic (exact) mass is 551 g/mol. The summed E-state index contributed by atoms with van der Waals surface area (Å²) in [6, 6.07) is 8.02. The van der Waals surface area contributed by atoms with Crippen molar-refractivity contribution in [2.75, 3.05) is 74.4 Å². The summed E-state index contributed by atoms with van der Waals surface area (Å²) in [5.41, 5.74) is 3.54. The van der Waals surface area contributed by atoms with E-state index in [1.54, 1.807) is 24.4 Å². The van der Waals surface area contributed by atoms with E-state index in [0.717, 1.165) is 11.8 Å². The average molecular weight is 552 g/mol. The number of ether oxygens (including phenoxy) is 4. The summed E-state index contributed by atoms with van der Waals surface area (Å²) in [6.45, 7) is 7.49. The van der Waals surface area contributed by atoms with Crippen LogP contribution >= 0.6 is 0 Å². The fraction of sp³-hybridized carbons (Fsp3) is 0.400. The van der Waals surface area contributed by atoms with Crippen molar-refractivity contribution >= 4 is 29.7 Å². The van der Waals surface area contributed by atoms with E-state index in [9.17, 15) is 10.1 Å². The number of pyridine rings is 1. The van der Waals surface area contributed by atoms with Crippen LogP contribution in [0.4, 0.5) is 23.5 Å². The van der Waals surface area contributed by atoms with Gasteiger partial charge >= 0.3 is 0 Å². The minimum atomic E-state index is -0.519. The summed E-state index contributed by atoms with van der Waals surface area (Å²) >= 11 is 0. The number of aromatic nitrogens is 4. The van der Waals surface area contributed by atoms with E-state index in [4.69, 9.17) is 23.9 Å². The molecule has 1 N–H and O–H groups in total. The Labute approximate surface area is 229 Å². The third kappa shape index (κ3) is 6.86. The van der Waals surface area contributed by atoms with Crippen LogP contribution in [0.5, 0.6) is 17.4 Å². The third-order valence-electron chi connectivity index (χ3n) is 5.99. The lowest BCUT2D eigenvalue weighted by atomic mass is 10.2. The molecular formula is C25H29N9O6. The first-order chi connectivity index (χ1) is 19.6. The number of nitro groups is 1. The Hall–Kier alpha value is -4.63. The fourth-order valence-corrected chi connectivity index (χ4v) is 3.99. The highest BCUT2D eigenvalue weighted by atomic mass is 16.6. The van der Waals surface area contributed by atoms with Crippen molar-refractivity contribution in [1.29, 1.82) is 0 Å². The molecule has 210 valence electrons. The van der Waals surface area contributed by atoms with Crippen LogP contribution in [0.15, 0.2) is 41.6 Å². The maximum atomic E-state index is 10.9. The van der Waals surface area contributed by atoms with Gasteiger partial charge in [-0.05, 0) is 30.7 Å². The molecule has 0 bridgehead atoms. The molecule has 1 aromatic carbocycles. The van der Waals surface area contributed by atoms with Crippen LogP contribution < -0.4 is 24.7 Å².